The van der Waals surface area contributed by atoms with Crippen LogP contribution in [-0.2, 0) is 4.79 Å². The van der Waals surface area contributed by atoms with Gasteiger partial charge >= 0.3 is 0 Å². The third-order valence-corrected chi connectivity index (χ3v) is 3.49. The van der Waals surface area contributed by atoms with Crippen LogP contribution in [-0.4, -0.2) is 11.9 Å². The molecule has 0 atom stereocenters. The molecule has 0 aromatic carbocycles. The lowest BCUT2D eigenvalue weighted by Crippen LogP contribution is -2.27. The number of carbonyl (C=O) groups excluding carboxylic acids is 1. The highest BCUT2D eigenvalue weighted by Gasteiger charge is 2.65. The van der Waals surface area contributed by atoms with Gasteiger partial charge < -0.3 is 5.32 Å². The number of amides is 1. The Hall–Kier alpha value is -0.790. The van der Waals surface area contributed by atoms with Crippen molar-refractivity contribution in [3.8, 4) is 0 Å². The van der Waals surface area contributed by atoms with Crippen LogP contribution in [0.5, 0.6) is 0 Å². The average Bonchev–Trinajstić information content (AvgIpc) is 2.32. The number of carbonyl (C=O) groups is 1. The Bertz CT molecular complexity index is 214. The van der Waals surface area contributed by atoms with Crippen molar-refractivity contribution in [3.05, 3.63) is 12.7 Å². The zero-order valence-electron chi connectivity index (χ0n) is 8.27. The fourth-order valence-corrected chi connectivity index (χ4v) is 1.76. The first-order valence-electron chi connectivity index (χ1n) is 4.27. The third kappa shape index (κ3) is 1.06. The molecule has 0 aromatic rings. The molecule has 1 saturated carbocycles. The zero-order valence-corrected chi connectivity index (χ0v) is 8.27. The van der Waals surface area contributed by atoms with E-state index in [0.717, 1.165) is 0 Å². The smallest absolute Gasteiger partial charge is 0.243 e. The van der Waals surface area contributed by atoms with Crippen molar-refractivity contribution in [2.24, 2.45) is 10.8 Å². The van der Waals surface area contributed by atoms with Gasteiger partial charge in [-0.15, -0.1) is 0 Å². The van der Waals surface area contributed by atoms with E-state index in [1.165, 1.54) is 6.08 Å². The van der Waals surface area contributed by atoms with Crippen LogP contribution in [0.3, 0.4) is 0 Å². The minimum absolute atomic E-state index is 0.0707. The van der Waals surface area contributed by atoms with Crippen LogP contribution in [0.4, 0.5) is 0 Å². The van der Waals surface area contributed by atoms with Crippen LogP contribution in [0.25, 0.3) is 0 Å². The fraction of sp³-hybridized carbons (Fsp3) is 0.700. The maximum Gasteiger partial charge on any atom is 0.243 e. The molecule has 0 unspecified atom stereocenters. The Morgan fingerprint density at radius 1 is 1.33 bits per heavy atom. The summed E-state index contributed by atoms with van der Waals surface area (Å²) in [6, 6.07) is 0.287. The Morgan fingerprint density at radius 2 is 1.75 bits per heavy atom. The summed E-state index contributed by atoms with van der Waals surface area (Å²) < 4.78 is 0. The van der Waals surface area contributed by atoms with E-state index in [2.05, 4.69) is 39.6 Å². The minimum Gasteiger partial charge on any atom is -0.349 e. The molecular weight excluding hydrogens is 150 g/mol. The van der Waals surface area contributed by atoms with Gasteiger partial charge in [-0.05, 0) is 16.9 Å². The predicted octanol–water partition coefficient (Wildman–Crippen LogP) is 1.72. The van der Waals surface area contributed by atoms with Crippen molar-refractivity contribution in [3.63, 3.8) is 0 Å². The van der Waals surface area contributed by atoms with Gasteiger partial charge in [0.25, 0.3) is 0 Å². The van der Waals surface area contributed by atoms with Crippen LogP contribution in [0.15, 0.2) is 12.7 Å². The minimum atomic E-state index is -0.0707. The highest BCUT2D eigenvalue weighted by molar-refractivity contribution is 5.87. The first kappa shape index (κ1) is 9.30. The molecule has 1 fully saturated rings. The van der Waals surface area contributed by atoms with Gasteiger partial charge in [-0.2, -0.15) is 0 Å². The van der Waals surface area contributed by atoms with Crippen molar-refractivity contribution in [2.75, 3.05) is 0 Å². The second-order valence-corrected chi connectivity index (χ2v) is 4.59. The molecule has 0 radical (unpaired) electrons. The molecule has 1 N–H and O–H groups in total. The van der Waals surface area contributed by atoms with Gasteiger partial charge in [0.2, 0.25) is 5.91 Å². The van der Waals surface area contributed by atoms with E-state index in [1.54, 1.807) is 0 Å². The van der Waals surface area contributed by atoms with Gasteiger partial charge in [0.05, 0.1) is 0 Å². The molecule has 0 bridgehead atoms. The Balaban J connectivity index is 2.60. The van der Waals surface area contributed by atoms with Crippen molar-refractivity contribution in [1.29, 1.82) is 0 Å². The largest absolute Gasteiger partial charge is 0.349 e. The molecule has 1 aliphatic carbocycles. The molecule has 2 nitrogen and oxygen atoms in total. The SMILES string of the molecule is C=CC(=O)NC1C(C)(C)C1(C)C. The Labute approximate surface area is 74.0 Å². The van der Waals surface area contributed by atoms with Crippen molar-refractivity contribution in [1.82, 2.24) is 5.32 Å². The third-order valence-electron chi connectivity index (χ3n) is 3.49. The van der Waals surface area contributed by atoms with Crippen LogP contribution in [0.2, 0.25) is 0 Å². The summed E-state index contributed by atoms with van der Waals surface area (Å²) in [6.45, 7) is 12.1. The second kappa shape index (κ2) is 2.35. The van der Waals surface area contributed by atoms with E-state index in [-0.39, 0.29) is 22.8 Å². The standard InChI is InChI=1S/C10H17NO/c1-6-7(12)11-8-9(2,3)10(8,4)5/h6,8H,1H2,2-5H3,(H,11,12). The molecule has 2 heteroatoms. The summed E-state index contributed by atoms with van der Waals surface area (Å²) in [6.07, 6.45) is 1.32. The second-order valence-electron chi connectivity index (χ2n) is 4.59. The van der Waals surface area contributed by atoms with Crippen LogP contribution in [0, 0.1) is 10.8 Å². The first-order chi connectivity index (χ1) is 5.34. The molecule has 0 saturated heterocycles. The molecule has 1 rings (SSSR count). The first-order valence-corrected chi connectivity index (χ1v) is 4.27. The maximum absolute atomic E-state index is 11.0. The van der Waals surface area contributed by atoms with Crippen LogP contribution >= 0.6 is 0 Å². The van der Waals surface area contributed by atoms with Gasteiger partial charge in [0.1, 0.15) is 0 Å². The monoisotopic (exact) mass is 167 g/mol. The predicted molar refractivity (Wildman–Crippen MR) is 49.7 cm³/mol. The van der Waals surface area contributed by atoms with Gasteiger partial charge in [0.15, 0.2) is 0 Å². The molecule has 0 heterocycles. The molecule has 0 aromatic heterocycles. The summed E-state index contributed by atoms with van der Waals surface area (Å²) in [5.74, 6) is -0.0707. The highest BCUT2D eigenvalue weighted by Crippen LogP contribution is 2.62. The van der Waals surface area contributed by atoms with Crippen molar-refractivity contribution >= 4 is 5.91 Å². The lowest BCUT2D eigenvalue weighted by atomic mass is 10.0. The fourth-order valence-electron chi connectivity index (χ4n) is 1.76. The number of hydrogen-bond donors (Lipinski definition) is 1. The van der Waals surface area contributed by atoms with Gasteiger partial charge in [0, 0.05) is 6.04 Å². The van der Waals surface area contributed by atoms with E-state index < -0.39 is 0 Å². The molecule has 1 amide bonds. The summed E-state index contributed by atoms with van der Waals surface area (Å²) in [4.78, 5) is 11.0. The summed E-state index contributed by atoms with van der Waals surface area (Å²) in [5.41, 5.74) is 0.428. The normalized spacial score (nSPS) is 24.7. The Morgan fingerprint density at radius 3 is 2.00 bits per heavy atom. The van der Waals surface area contributed by atoms with E-state index in [1.807, 2.05) is 0 Å². The average molecular weight is 167 g/mol. The summed E-state index contributed by atoms with van der Waals surface area (Å²) in [7, 11) is 0. The Kier molecular flexibility index (Phi) is 1.82. The zero-order chi connectivity index (χ0) is 9.57. The maximum atomic E-state index is 11.0. The van der Waals surface area contributed by atoms with E-state index >= 15 is 0 Å². The van der Waals surface area contributed by atoms with Gasteiger partial charge in [-0.3, -0.25) is 4.79 Å². The molecule has 0 aliphatic heterocycles. The van der Waals surface area contributed by atoms with Gasteiger partial charge in [-0.25, -0.2) is 0 Å². The van der Waals surface area contributed by atoms with Crippen LogP contribution < -0.4 is 5.32 Å². The molecule has 1 aliphatic rings. The summed E-state index contributed by atoms with van der Waals surface area (Å²) >= 11 is 0. The van der Waals surface area contributed by atoms with E-state index in [9.17, 15) is 4.79 Å². The quantitative estimate of drug-likeness (QED) is 0.623. The summed E-state index contributed by atoms with van der Waals surface area (Å²) in [5, 5.41) is 2.93. The highest BCUT2D eigenvalue weighted by atomic mass is 16.1. The topological polar surface area (TPSA) is 29.1 Å². The molecular formula is C10H17NO. The molecule has 68 valence electrons. The lowest BCUT2D eigenvalue weighted by molar-refractivity contribution is -0.116. The van der Waals surface area contributed by atoms with Gasteiger partial charge in [-0.1, -0.05) is 34.3 Å². The van der Waals surface area contributed by atoms with E-state index in [0.29, 0.717) is 0 Å². The lowest BCUT2D eigenvalue weighted by Gasteiger charge is -2.02. The van der Waals surface area contributed by atoms with Crippen molar-refractivity contribution < 1.29 is 4.79 Å². The number of rotatable bonds is 2. The molecule has 0 spiro atoms. The number of hydrogen-bond acceptors (Lipinski definition) is 1. The number of nitrogens with one attached hydrogen (secondary N) is 1. The molecule has 12 heavy (non-hydrogen) atoms. The van der Waals surface area contributed by atoms with Crippen LogP contribution in [0.1, 0.15) is 27.7 Å². The van der Waals surface area contributed by atoms with Crippen molar-refractivity contribution in [2.45, 2.75) is 33.7 Å². The van der Waals surface area contributed by atoms with E-state index in [4.69, 9.17) is 0 Å².